The molecule has 0 radical (unpaired) electrons. The first-order chi connectivity index (χ1) is 19.8. The van der Waals surface area contributed by atoms with Gasteiger partial charge in [-0.05, 0) is 73.8 Å². The topological polar surface area (TPSA) is 108 Å². The van der Waals surface area contributed by atoms with Gasteiger partial charge in [-0.3, -0.25) is 14.5 Å². The second-order valence-corrected chi connectivity index (χ2v) is 13.7. The Kier molecular flexibility index (Phi) is 10.5. The summed E-state index contributed by atoms with van der Waals surface area (Å²) in [5.41, 5.74) is -1.28. The number of carbonyl (C=O) groups is 2. The van der Waals surface area contributed by atoms with Crippen LogP contribution in [0.4, 0.5) is 13.2 Å². The monoisotopic (exact) mass is 648 g/mol. The number of likely N-dealkylation sites (tertiary alicyclic amines) is 1. The van der Waals surface area contributed by atoms with Gasteiger partial charge in [0.25, 0.3) is 5.91 Å². The predicted molar refractivity (Wildman–Crippen MR) is 154 cm³/mol. The van der Waals surface area contributed by atoms with Crippen LogP contribution in [0, 0.1) is 5.92 Å². The summed E-state index contributed by atoms with van der Waals surface area (Å²) in [7, 11) is -3.64. The lowest BCUT2D eigenvalue weighted by atomic mass is 9.99. The molecule has 8 nitrogen and oxygen atoms in total. The van der Waals surface area contributed by atoms with Gasteiger partial charge in [0, 0.05) is 47.8 Å². The Bertz CT molecular complexity index is 1430. The van der Waals surface area contributed by atoms with E-state index in [1.807, 2.05) is 4.90 Å². The van der Waals surface area contributed by atoms with Crippen molar-refractivity contribution >= 4 is 44.9 Å². The summed E-state index contributed by atoms with van der Waals surface area (Å²) in [5, 5.41) is 8.71. The van der Waals surface area contributed by atoms with Crippen LogP contribution >= 0.6 is 23.2 Å². The fourth-order valence-electron chi connectivity index (χ4n) is 5.34. The van der Waals surface area contributed by atoms with Crippen LogP contribution in [0.1, 0.15) is 53.2 Å². The highest BCUT2D eigenvalue weighted by Crippen LogP contribution is 2.37. The number of sulfone groups is 1. The van der Waals surface area contributed by atoms with E-state index >= 15 is 0 Å². The van der Waals surface area contributed by atoms with Crippen LogP contribution in [0.25, 0.3) is 0 Å². The average Bonchev–Trinajstić information content (AvgIpc) is 3.47. The van der Waals surface area contributed by atoms with Crippen molar-refractivity contribution in [3.63, 3.8) is 0 Å². The Morgan fingerprint density at radius 3 is 2.57 bits per heavy atom. The lowest BCUT2D eigenvalue weighted by molar-refractivity contribution is -0.138. The smallest absolute Gasteiger partial charge is 0.352 e. The largest absolute Gasteiger partial charge is 0.416 e. The third-order valence-corrected chi connectivity index (χ3v) is 10.0. The molecule has 0 unspecified atom stereocenters. The van der Waals surface area contributed by atoms with Crippen LogP contribution in [-0.2, 0) is 33.9 Å². The molecule has 2 atom stereocenters. The van der Waals surface area contributed by atoms with E-state index in [0.29, 0.717) is 26.1 Å². The zero-order chi connectivity index (χ0) is 30.7. The van der Waals surface area contributed by atoms with Crippen LogP contribution in [-0.4, -0.2) is 63.1 Å². The number of hydrogen-bond acceptors (Lipinski definition) is 6. The molecular weight excluding hydrogens is 616 g/mol. The van der Waals surface area contributed by atoms with E-state index in [9.17, 15) is 31.2 Å². The molecule has 0 spiro atoms. The van der Waals surface area contributed by atoms with Crippen molar-refractivity contribution in [3.05, 3.63) is 62.6 Å². The molecule has 14 heteroatoms. The Morgan fingerprint density at radius 1 is 1.14 bits per heavy atom. The Labute approximate surface area is 253 Å². The maximum atomic E-state index is 14.2. The van der Waals surface area contributed by atoms with E-state index in [0.717, 1.165) is 25.5 Å². The Hall–Kier alpha value is -2.38. The summed E-state index contributed by atoms with van der Waals surface area (Å²) < 4.78 is 67.5. The summed E-state index contributed by atoms with van der Waals surface area (Å²) in [6, 6.07) is 5.89. The third-order valence-electron chi connectivity index (χ3n) is 7.60. The van der Waals surface area contributed by atoms with Crippen LogP contribution in [0.5, 0.6) is 0 Å². The van der Waals surface area contributed by atoms with Crippen LogP contribution in [0.3, 0.4) is 0 Å². The van der Waals surface area contributed by atoms with Crippen molar-refractivity contribution in [3.8, 4) is 0 Å². The predicted octanol–water partition coefficient (Wildman–Crippen LogP) is 4.43. The molecule has 4 rings (SSSR count). The molecule has 2 amide bonds. The summed E-state index contributed by atoms with van der Waals surface area (Å²) >= 11 is 12.4. The summed E-state index contributed by atoms with van der Waals surface area (Å²) in [6.07, 6.45) is -2.60. The minimum atomic E-state index is -4.79. The summed E-state index contributed by atoms with van der Waals surface area (Å²) in [5.74, 6) is -1.18. The fourth-order valence-corrected chi connectivity index (χ4v) is 6.93. The van der Waals surface area contributed by atoms with Gasteiger partial charge in [-0.15, -0.1) is 0 Å². The number of benzene rings is 2. The zero-order valence-corrected chi connectivity index (χ0v) is 25.3. The van der Waals surface area contributed by atoms with E-state index in [4.69, 9.17) is 23.2 Å². The molecule has 2 aromatic rings. The van der Waals surface area contributed by atoms with Crippen molar-refractivity contribution in [1.82, 2.24) is 20.9 Å². The van der Waals surface area contributed by atoms with Gasteiger partial charge in [0.2, 0.25) is 5.91 Å². The maximum Gasteiger partial charge on any atom is 0.416 e. The standard InChI is InChI=1S/C28H33Cl2F3N4O4S/c1-2-42(40,41)25-6-5-20(29)10-19(25)14-35-26(38)18-11-23(28(31,32)33)22(24(30)12-18)16-37-9-3-4-21(15-37)36-27(39)17-7-8-34-13-17/h5-6,10-12,17,21,34H,2-4,7-9,13-16H2,1H3,(H,35,38)(H,36,39)/t17-,21-/m0/s1. The first-order valence-corrected chi connectivity index (χ1v) is 16.1. The van der Waals surface area contributed by atoms with Gasteiger partial charge >= 0.3 is 6.18 Å². The molecule has 2 heterocycles. The summed E-state index contributed by atoms with van der Waals surface area (Å²) in [4.78, 5) is 27.3. The molecule has 0 saturated carbocycles. The molecule has 0 aromatic heterocycles. The lowest BCUT2D eigenvalue weighted by Crippen LogP contribution is -2.49. The Morgan fingerprint density at radius 2 is 1.90 bits per heavy atom. The number of piperidine rings is 1. The van der Waals surface area contributed by atoms with Gasteiger partial charge in [-0.2, -0.15) is 13.2 Å². The highest BCUT2D eigenvalue weighted by atomic mass is 35.5. The van der Waals surface area contributed by atoms with E-state index in [1.165, 1.54) is 31.2 Å². The van der Waals surface area contributed by atoms with Crippen molar-refractivity contribution in [2.45, 2.75) is 56.4 Å². The number of amides is 2. The Balaban J connectivity index is 1.50. The number of carbonyl (C=O) groups excluding carboxylic acids is 2. The molecule has 2 aromatic carbocycles. The highest BCUT2D eigenvalue weighted by molar-refractivity contribution is 7.91. The van der Waals surface area contributed by atoms with Gasteiger partial charge in [0.05, 0.1) is 22.1 Å². The molecule has 230 valence electrons. The molecule has 0 bridgehead atoms. The molecule has 0 aliphatic carbocycles. The van der Waals surface area contributed by atoms with Crippen LogP contribution < -0.4 is 16.0 Å². The molecule has 42 heavy (non-hydrogen) atoms. The van der Waals surface area contributed by atoms with Crippen LogP contribution in [0.15, 0.2) is 35.2 Å². The number of rotatable bonds is 9. The second-order valence-electron chi connectivity index (χ2n) is 10.6. The number of halogens is 5. The van der Waals surface area contributed by atoms with E-state index in [-0.39, 0.29) is 68.3 Å². The van der Waals surface area contributed by atoms with Gasteiger partial charge < -0.3 is 16.0 Å². The van der Waals surface area contributed by atoms with Crippen molar-refractivity contribution in [1.29, 1.82) is 0 Å². The third kappa shape index (κ3) is 7.96. The van der Waals surface area contributed by atoms with Crippen molar-refractivity contribution in [2.75, 3.05) is 31.9 Å². The number of hydrogen-bond donors (Lipinski definition) is 3. The van der Waals surface area contributed by atoms with Gasteiger partial charge in [-0.25, -0.2) is 8.42 Å². The number of nitrogens with zero attached hydrogens (tertiary/aromatic N) is 1. The van der Waals surface area contributed by atoms with E-state index in [1.54, 1.807) is 0 Å². The molecule has 2 aliphatic heterocycles. The second kappa shape index (κ2) is 13.5. The molecule has 2 saturated heterocycles. The molecule has 2 fully saturated rings. The molecule has 2 aliphatic rings. The van der Waals surface area contributed by atoms with Crippen molar-refractivity contribution < 1.29 is 31.2 Å². The molecular formula is C28H33Cl2F3N4O4S. The maximum absolute atomic E-state index is 14.2. The average molecular weight is 650 g/mol. The zero-order valence-electron chi connectivity index (χ0n) is 23.0. The summed E-state index contributed by atoms with van der Waals surface area (Å²) in [6.45, 7) is 3.41. The lowest BCUT2D eigenvalue weighted by Gasteiger charge is -2.34. The van der Waals surface area contributed by atoms with Gasteiger partial charge in [0.1, 0.15) is 0 Å². The SMILES string of the molecule is CCS(=O)(=O)c1ccc(Cl)cc1CNC(=O)c1cc(Cl)c(CN2CCC[C@H](NC(=O)[C@H]3CCNC3)C2)c(C(F)(F)F)c1. The first kappa shape index (κ1) is 32.5. The van der Waals surface area contributed by atoms with E-state index < -0.39 is 27.5 Å². The fraction of sp³-hybridized carbons (Fsp3) is 0.500. The molecule has 3 N–H and O–H groups in total. The quantitative estimate of drug-likeness (QED) is 0.372. The number of nitrogens with one attached hydrogen (secondary N) is 3. The minimum absolute atomic E-state index is 0.0185. The normalized spacial score (nSPS) is 20.0. The van der Waals surface area contributed by atoms with Gasteiger partial charge in [0.15, 0.2) is 9.84 Å². The van der Waals surface area contributed by atoms with Crippen LogP contribution in [0.2, 0.25) is 10.0 Å². The first-order valence-electron chi connectivity index (χ1n) is 13.7. The van der Waals surface area contributed by atoms with E-state index in [2.05, 4.69) is 16.0 Å². The highest BCUT2D eigenvalue weighted by Gasteiger charge is 2.36. The van der Waals surface area contributed by atoms with Crippen molar-refractivity contribution in [2.24, 2.45) is 5.92 Å². The minimum Gasteiger partial charge on any atom is -0.352 e. The van der Waals surface area contributed by atoms with Gasteiger partial charge in [-0.1, -0.05) is 30.1 Å². The number of alkyl halides is 3.